The van der Waals surface area contributed by atoms with Crippen LogP contribution in [-0.2, 0) is 0 Å². The minimum Gasteiger partial charge on any atom is -0.545 e. The van der Waals surface area contributed by atoms with Crippen molar-refractivity contribution in [2.45, 2.75) is 0 Å². The Labute approximate surface area is 95.8 Å². The maximum Gasteiger partial charge on any atom is 0.0726 e. The molecule has 0 aromatic heterocycles. The Morgan fingerprint density at radius 2 is 1.29 bits per heavy atom. The van der Waals surface area contributed by atoms with Crippen LogP contribution < -0.4 is 10.2 Å². The minimum absolute atomic E-state index is 0.229. The average molecular weight is 322 g/mol. The fourth-order valence-corrected chi connectivity index (χ4v) is 2.18. The number of halogens is 2. The highest BCUT2D eigenvalue weighted by molar-refractivity contribution is 9.11. The van der Waals surface area contributed by atoms with Crippen LogP contribution in [0.5, 0.6) is 0 Å². The lowest BCUT2D eigenvalue weighted by Crippen LogP contribution is -2.26. The van der Waals surface area contributed by atoms with Gasteiger partial charge in [-0.05, 0) is 12.1 Å². The van der Waals surface area contributed by atoms with Gasteiger partial charge in [0.15, 0.2) is 0 Å². The maximum atomic E-state index is 10.5. The van der Waals surface area contributed by atoms with Crippen LogP contribution in [0, 0.1) is 0 Å². The Hall–Kier alpha value is -0.880. The fourth-order valence-electron chi connectivity index (χ4n) is 0.862. The number of hydrogen-bond donors (Lipinski definition) is 0. The molecule has 1 aromatic carbocycles. The minimum atomic E-state index is -1.45. The van der Waals surface area contributed by atoms with Crippen molar-refractivity contribution >= 4 is 43.8 Å². The van der Waals surface area contributed by atoms with E-state index in [1.165, 1.54) is 6.07 Å². The standard InChI is InChI=1S/C8H4Br2O4/c9-5-2-6(10)4(8(13)14)1-3(5)7(11)12/h1-2H,(H,11,12)(H,13,14)/p-2. The molecule has 0 saturated carbocycles. The van der Waals surface area contributed by atoms with Gasteiger partial charge in [0.05, 0.1) is 11.9 Å². The number of carboxylic acids is 2. The van der Waals surface area contributed by atoms with Crippen molar-refractivity contribution in [1.29, 1.82) is 0 Å². The van der Waals surface area contributed by atoms with Gasteiger partial charge in [0.2, 0.25) is 0 Å². The first-order chi connectivity index (χ1) is 6.43. The molecular weight excluding hydrogens is 320 g/mol. The van der Waals surface area contributed by atoms with Crippen LogP contribution in [0.1, 0.15) is 20.7 Å². The summed E-state index contributed by atoms with van der Waals surface area (Å²) in [6.07, 6.45) is 0. The highest BCUT2D eigenvalue weighted by Gasteiger charge is 2.07. The Bertz CT molecular complexity index is 379. The topological polar surface area (TPSA) is 80.3 Å². The zero-order chi connectivity index (χ0) is 10.9. The Morgan fingerprint density at radius 1 is 0.929 bits per heavy atom. The summed E-state index contributed by atoms with van der Waals surface area (Å²) in [6, 6.07) is 2.29. The lowest BCUT2D eigenvalue weighted by Gasteiger charge is -2.11. The van der Waals surface area contributed by atoms with Gasteiger partial charge >= 0.3 is 0 Å². The summed E-state index contributed by atoms with van der Waals surface area (Å²) >= 11 is 5.93. The average Bonchev–Trinajstić information content (AvgIpc) is 2.02. The molecule has 0 saturated heterocycles. The molecule has 74 valence electrons. The van der Waals surface area contributed by atoms with Crippen molar-refractivity contribution in [2.75, 3.05) is 0 Å². The van der Waals surface area contributed by atoms with E-state index in [0.29, 0.717) is 0 Å². The normalized spacial score (nSPS) is 9.86. The first kappa shape index (κ1) is 11.2. The molecule has 1 aromatic rings. The maximum absolute atomic E-state index is 10.5. The predicted octanol–water partition coefficient (Wildman–Crippen LogP) is -0.0614. The van der Waals surface area contributed by atoms with Gasteiger partial charge in [0.25, 0.3) is 0 Å². The van der Waals surface area contributed by atoms with Gasteiger partial charge in [-0.2, -0.15) is 0 Å². The van der Waals surface area contributed by atoms with Crippen LogP contribution in [0.4, 0.5) is 0 Å². The lowest BCUT2D eigenvalue weighted by atomic mass is 10.1. The number of benzene rings is 1. The highest BCUT2D eigenvalue weighted by atomic mass is 79.9. The summed E-state index contributed by atoms with van der Waals surface area (Å²) in [6.45, 7) is 0. The van der Waals surface area contributed by atoms with E-state index in [0.717, 1.165) is 6.07 Å². The van der Waals surface area contributed by atoms with Gasteiger partial charge in [-0.25, -0.2) is 0 Å². The van der Waals surface area contributed by atoms with Crippen LogP contribution in [0.25, 0.3) is 0 Å². The second-order valence-electron chi connectivity index (χ2n) is 2.39. The van der Waals surface area contributed by atoms with Crippen LogP contribution in [0.15, 0.2) is 21.1 Å². The molecule has 4 nitrogen and oxygen atoms in total. The van der Waals surface area contributed by atoms with Gasteiger partial charge in [0.1, 0.15) is 0 Å². The number of carboxylic acid groups (broad SMARTS) is 2. The van der Waals surface area contributed by atoms with E-state index < -0.39 is 11.9 Å². The summed E-state index contributed by atoms with van der Waals surface area (Å²) < 4.78 is 0.490. The molecule has 0 heterocycles. The Kier molecular flexibility index (Phi) is 3.28. The molecule has 0 amide bonds. The highest BCUT2D eigenvalue weighted by Crippen LogP contribution is 2.25. The lowest BCUT2D eigenvalue weighted by molar-refractivity contribution is -0.255. The van der Waals surface area contributed by atoms with Gasteiger partial charge < -0.3 is 19.8 Å². The number of carbonyl (C=O) groups excluding carboxylic acids is 2. The molecule has 1 rings (SSSR count). The monoisotopic (exact) mass is 320 g/mol. The van der Waals surface area contributed by atoms with Crippen LogP contribution in [0.3, 0.4) is 0 Å². The third kappa shape index (κ3) is 2.13. The molecule has 0 unspecified atom stereocenters. The molecule has 0 aliphatic heterocycles. The summed E-state index contributed by atoms with van der Waals surface area (Å²) in [7, 11) is 0. The second-order valence-corrected chi connectivity index (χ2v) is 4.10. The van der Waals surface area contributed by atoms with Crippen molar-refractivity contribution in [2.24, 2.45) is 0 Å². The molecule has 0 fully saturated rings. The number of hydrogen-bond acceptors (Lipinski definition) is 4. The summed E-state index contributed by atoms with van der Waals surface area (Å²) in [4.78, 5) is 21.1. The zero-order valence-electron chi connectivity index (χ0n) is 6.54. The van der Waals surface area contributed by atoms with Gasteiger partial charge in [-0.1, -0.05) is 31.9 Å². The van der Waals surface area contributed by atoms with E-state index in [9.17, 15) is 19.8 Å². The van der Waals surface area contributed by atoms with Crippen LogP contribution in [-0.4, -0.2) is 11.9 Å². The SMILES string of the molecule is O=C([O-])c1cc(C(=O)[O-])c(Br)cc1Br. The Morgan fingerprint density at radius 3 is 1.57 bits per heavy atom. The van der Waals surface area contributed by atoms with E-state index in [1.807, 2.05) is 0 Å². The molecule has 0 aliphatic rings. The first-order valence-electron chi connectivity index (χ1n) is 3.35. The summed E-state index contributed by atoms with van der Waals surface area (Å²) in [5.74, 6) is -2.90. The molecule has 0 aliphatic carbocycles. The van der Waals surface area contributed by atoms with E-state index in [1.54, 1.807) is 0 Å². The van der Waals surface area contributed by atoms with Crippen molar-refractivity contribution in [1.82, 2.24) is 0 Å². The number of carbonyl (C=O) groups is 2. The van der Waals surface area contributed by atoms with Crippen molar-refractivity contribution in [3.63, 3.8) is 0 Å². The number of rotatable bonds is 2. The predicted molar refractivity (Wildman–Crippen MR) is 50.5 cm³/mol. The Balaban J connectivity index is 3.42. The van der Waals surface area contributed by atoms with E-state index in [2.05, 4.69) is 31.9 Å². The van der Waals surface area contributed by atoms with E-state index >= 15 is 0 Å². The van der Waals surface area contributed by atoms with Gasteiger partial charge in [-0.15, -0.1) is 0 Å². The zero-order valence-corrected chi connectivity index (χ0v) is 9.72. The summed E-state index contributed by atoms with van der Waals surface area (Å²) in [5.41, 5.74) is -0.459. The largest absolute Gasteiger partial charge is 0.545 e. The second kappa shape index (κ2) is 4.10. The van der Waals surface area contributed by atoms with Crippen molar-refractivity contribution in [3.05, 3.63) is 32.2 Å². The molecule has 14 heavy (non-hydrogen) atoms. The van der Waals surface area contributed by atoms with Gasteiger partial charge in [-0.3, -0.25) is 0 Å². The first-order valence-corrected chi connectivity index (χ1v) is 4.94. The van der Waals surface area contributed by atoms with Crippen molar-refractivity contribution in [3.8, 4) is 0 Å². The summed E-state index contributed by atoms with van der Waals surface area (Å²) in [5, 5.41) is 21.1. The van der Waals surface area contributed by atoms with Gasteiger partial charge in [0, 0.05) is 20.1 Å². The molecule has 0 radical (unpaired) electrons. The smallest absolute Gasteiger partial charge is 0.0726 e. The molecule has 0 spiro atoms. The third-order valence-corrected chi connectivity index (χ3v) is 2.81. The molecule has 0 N–H and O–H groups in total. The molecule has 6 heteroatoms. The number of aromatic carboxylic acids is 2. The van der Waals surface area contributed by atoms with Crippen LogP contribution >= 0.6 is 31.9 Å². The van der Waals surface area contributed by atoms with E-state index in [4.69, 9.17) is 0 Å². The molecular formula is C8H2Br2O4-2. The quantitative estimate of drug-likeness (QED) is 0.764. The van der Waals surface area contributed by atoms with Crippen LogP contribution in [0.2, 0.25) is 0 Å². The molecule has 0 bridgehead atoms. The van der Waals surface area contributed by atoms with Crippen molar-refractivity contribution < 1.29 is 19.8 Å². The third-order valence-electron chi connectivity index (χ3n) is 1.50. The fraction of sp³-hybridized carbons (Fsp3) is 0. The molecule has 0 atom stereocenters. The van der Waals surface area contributed by atoms with E-state index in [-0.39, 0.29) is 20.1 Å².